The summed E-state index contributed by atoms with van der Waals surface area (Å²) >= 11 is 0. The molecular weight excluding hydrogens is 953 g/mol. The fourth-order valence-electron chi connectivity index (χ4n) is 7.91. The van der Waals surface area contributed by atoms with Gasteiger partial charge in [0.1, 0.15) is 0 Å². The predicted molar refractivity (Wildman–Crippen MR) is 256 cm³/mol. The monoisotopic (exact) mass is 1010 g/mol. The van der Waals surface area contributed by atoms with Gasteiger partial charge in [-0.2, -0.15) is 0 Å². The normalized spacial score (nSPS) is 12.8. The number of furan rings is 1. The maximum atomic E-state index is 8.48. The summed E-state index contributed by atoms with van der Waals surface area (Å²) < 4.78 is 39.4. The number of rotatable bonds is 7. The Balaban J connectivity index is 0.000000204. The van der Waals surface area contributed by atoms with Crippen LogP contribution in [0.15, 0.2) is 162 Å². The fraction of sp³-hybridized carbons (Fsp3) is 0.145. The Hall–Kier alpha value is -6.24. The average molecular weight is 1010 g/mol. The number of aromatic nitrogens is 4. The molecule has 10 aromatic rings. The van der Waals surface area contributed by atoms with Gasteiger partial charge in [-0.15, -0.1) is 53.6 Å². The molecule has 0 amide bonds. The van der Waals surface area contributed by atoms with E-state index in [4.69, 9.17) is 14.9 Å². The van der Waals surface area contributed by atoms with E-state index in [1.165, 1.54) is 16.8 Å². The van der Waals surface area contributed by atoms with Crippen LogP contribution in [0.4, 0.5) is 0 Å². The van der Waals surface area contributed by atoms with Crippen LogP contribution in [-0.4, -0.2) is 27.6 Å². The Morgan fingerprint density at radius 2 is 1.48 bits per heavy atom. The summed E-state index contributed by atoms with van der Waals surface area (Å²) in [6.45, 7) is 10.4. The molecule has 10 rings (SSSR count). The molecule has 309 valence electrons. The number of imidazole rings is 1. The zero-order valence-electron chi connectivity index (χ0n) is 39.5. The van der Waals surface area contributed by atoms with E-state index in [2.05, 4.69) is 143 Å². The Morgan fingerprint density at radius 3 is 2.19 bits per heavy atom. The molecule has 0 aliphatic rings. The standard InChI is InChI=1S/C37H24N3O.C18H24NSi.Ir/c1-24-19-21-29-28-15-10-16-30(35(28)41-37(29)38-24)36-39-32-17-8-9-18-34(32)40(36)33-22-20-27(25-11-4-2-5-12-25)23-31(33)26-13-6-3-7-14-26;1-13(2)16-11-17(15-9-7-14(3)8-10-15)19-12-18(16)20(4,5)6;/h2-15,17-23H,1H3;7-9,11-13H,1-6H3;/q2*-1;/i;3D3,13D;. The van der Waals surface area contributed by atoms with E-state index < -0.39 is 20.8 Å². The van der Waals surface area contributed by atoms with Gasteiger partial charge in [0.05, 0.1) is 30.5 Å². The van der Waals surface area contributed by atoms with Crippen LogP contribution >= 0.6 is 0 Å². The number of pyridine rings is 2. The maximum absolute atomic E-state index is 8.48. The van der Waals surface area contributed by atoms with Crippen molar-refractivity contribution in [3.63, 3.8) is 0 Å². The van der Waals surface area contributed by atoms with Crippen LogP contribution in [0.25, 0.3) is 83.7 Å². The van der Waals surface area contributed by atoms with Crippen molar-refractivity contribution in [2.24, 2.45) is 0 Å². The first-order valence-electron chi connectivity index (χ1n) is 22.5. The molecule has 4 heterocycles. The minimum absolute atomic E-state index is 0. The van der Waals surface area contributed by atoms with Crippen molar-refractivity contribution in [1.29, 1.82) is 0 Å². The van der Waals surface area contributed by atoms with Crippen molar-refractivity contribution in [2.75, 3.05) is 0 Å². The first-order valence-corrected chi connectivity index (χ1v) is 24.0. The Labute approximate surface area is 384 Å². The molecule has 0 fully saturated rings. The van der Waals surface area contributed by atoms with Gasteiger partial charge in [-0.3, -0.25) is 4.98 Å². The zero-order valence-corrected chi connectivity index (χ0v) is 38.9. The van der Waals surface area contributed by atoms with Crippen molar-refractivity contribution in [3.8, 4) is 50.6 Å². The Bertz CT molecular complexity index is 3340. The van der Waals surface area contributed by atoms with Crippen molar-refractivity contribution in [3.05, 3.63) is 187 Å². The molecule has 0 unspecified atom stereocenters. The molecule has 6 aromatic carbocycles. The first-order chi connectivity index (χ1) is 31.0. The van der Waals surface area contributed by atoms with E-state index in [0.29, 0.717) is 5.71 Å². The molecule has 0 bridgehead atoms. The molecule has 0 saturated heterocycles. The quantitative estimate of drug-likeness (QED) is 0.118. The van der Waals surface area contributed by atoms with Crippen LogP contribution in [-0.2, 0) is 20.1 Å². The van der Waals surface area contributed by atoms with Gasteiger partial charge in [0.25, 0.3) is 0 Å². The minimum atomic E-state index is -2.13. The van der Waals surface area contributed by atoms with Crippen LogP contribution in [0.5, 0.6) is 0 Å². The summed E-state index contributed by atoms with van der Waals surface area (Å²) in [6, 6.07) is 57.3. The number of nitrogens with zero attached hydrogens (tertiary/aromatic N) is 4. The van der Waals surface area contributed by atoms with Crippen molar-refractivity contribution in [1.82, 2.24) is 19.5 Å². The van der Waals surface area contributed by atoms with E-state index in [1.54, 1.807) is 12.1 Å². The van der Waals surface area contributed by atoms with Gasteiger partial charge in [-0.05, 0) is 76.8 Å². The molecule has 0 spiro atoms. The zero-order chi connectivity index (χ0) is 45.7. The minimum Gasteiger partial charge on any atom is -0.486 e. The number of fused-ring (bicyclic) bond motifs is 4. The molecular formula is C55H48IrN4OSi-2. The van der Waals surface area contributed by atoms with Gasteiger partial charge in [-0.1, -0.05) is 142 Å². The van der Waals surface area contributed by atoms with Gasteiger partial charge in [-0.25, -0.2) is 4.98 Å². The molecule has 0 atom stereocenters. The molecule has 0 aliphatic carbocycles. The van der Waals surface area contributed by atoms with Gasteiger partial charge in [0.2, 0.25) is 5.71 Å². The van der Waals surface area contributed by atoms with Crippen LogP contribution in [0, 0.1) is 25.9 Å². The summed E-state index contributed by atoms with van der Waals surface area (Å²) in [5.74, 6) is 0.0589. The van der Waals surface area contributed by atoms with Crippen molar-refractivity contribution < 1.29 is 30.0 Å². The molecule has 4 aromatic heterocycles. The second kappa shape index (κ2) is 17.6. The van der Waals surface area contributed by atoms with Gasteiger partial charge in [0.15, 0.2) is 0 Å². The van der Waals surface area contributed by atoms with Gasteiger partial charge < -0.3 is 14.0 Å². The molecule has 0 saturated carbocycles. The third-order valence-corrected chi connectivity index (χ3v) is 13.0. The fourth-order valence-corrected chi connectivity index (χ4v) is 9.49. The molecule has 0 aliphatic heterocycles. The summed E-state index contributed by atoms with van der Waals surface area (Å²) in [5, 5.41) is 3.17. The van der Waals surface area contributed by atoms with Crippen LogP contribution in [0.3, 0.4) is 0 Å². The second-order valence-electron chi connectivity index (χ2n) is 16.6. The Kier molecular flexibility index (Phi) is 10.7. The number of benzene rings is 6. The van der Waals surface area contributed by atoms with Crippen molar-refractivity contribution >= 4 is 46.4 Å². The SMILES string of the molecule is Cc1ccc2c(n1)oc1c(-c3nc4ccccc4n3-c3ccc(-c4ccccc4)cc3-c3ccccc3)[c-]ccc12.[2H]C([2H])([2H])c1c[c-]c(-c2cc(C([2H])(C)C)c([Si](C)(C)C)cn2)cc1.[Ir]. The van der Waals surface area contributed by atoms with Gasteiger partial charge in [0, 0.05) is 54.1 Å². The van der Waals surface area contributed by atoms with Gasteiger partial charge >= 0.3 is 0 Å². The van der Waals surface area contributed by atoms with E-state index in [-0.39, 0.29) is 25.7 Å². The molecule has 1 radical (unpaired) electrons. The largest absolute Gasteiger partial charge is 0.486 e. The van der Waals surface area contributed by atoms with E-state index >= 15 is 0 Å². The van der Waals surface area contributed by atoms with E-state index in [9.17, 15) is 0 Å². The summed E-state index contributed by atoms with van der Waals surface area (Å²) in [7, 11) is -1.61. The maximum Gasteiger partial charge on any atom is 0.216 e. The second-order valence-corrected chi connectivity index (χ2v) is 21.6. The predicted octanol–water partition coefficient (Wildman–Crippen LogP) is 14.0. The smallest absolute Gasteiger partial charge is 0.216 e. The number of hydrogen-bond donors (Lipinski definition) is 0. The number of para-hydroxylation sites is 2. The van der Waals surface area contributed by atoms with Crippen molar-refractivity contribution in [2.45, 2.75) is 53.2 Å². The third kappa shape index (κ3) is 8.36. The van der Waals surface area contributed by atoms with Crippen LogP contribution < -0.4 is 5.19 Å². The van der Waals surface area contributed by atoms with Crippen LogP contribution in [0.1, 0.15) is 42.0 Å². The summed E-state index contributed by atoms with van der Waals surface area (Å²) in [5.41, 5.74) is 13.4. The number of hydrogen-bond acceptors (Lipinski definition) is 4. The molecule has 5 nitrogen and oxygen atoms in total. The van der Waals surface area contributed by atoms with E-state index in [0.717, 1.165) is 83.7 Å². The molecule has 62 heavy (non-hydrogen) atoms. The van der Waals surface area contributed by atoms with Crippen LogP contribution in [0.2, 0.25) is 19.6 Å². The summed E-state index contributed by atoms with van der Waals surface area (Å²) in [4.78, 5) is 14.4. The number of aryl methyl sites for hydroxylation is 2. The average Bonchev–Trinajstić information content (AvgIpc) is 3.87. The summed E-state index contributed by atoms with van der Waals surface area (Å²) in [6.07, 6.45) is 1.89. The third-order valence-electron chi connectivity index (χ3n) is 11.0. The topological polar surface area (TPSA) is 56.7 Å². The first kappa shape index (κ1) is 37.5. The molecule has 7 heteroatoms. The molecule has 0 N–H and O–H groups in total. The Morgan fingerprint density at radius 1 is 0.742 bits per heavy atom. The van der Waals surface area contributed by atoms with E-state index in [1.807, 2.05) is 63.4 Å².